The van der Waals surface area contributed by atoms with Crippen molar-refractivity contribution in [3.8, 4) is 11.1 Å². The number of rotatable bonds is 11. The number of methoxy groups -OCH3 is 1. The molecular formula is C28H23F6N5O6S3. The first kappa shape index (κ1) is 35.5. The molecule has 0 saturated heterocycles. The topological polar surface area (TPSA) is 157 Å². The SMILES string of the molecule is COCc1ccc(-c2ccc3nc(C(c4cc(C(F)(F)F)cc(C(F)(F)F)c4)(c4nnc(CNNS(=O)O)o4)S(C)(=O)=O)sc3c2)cc1. The normalized spacial score (nSPS) is 14.7. The molecule has 256 valence electrons. The highest BCUT2D eigenvalue weighted by molar-refractivity contribution is 7.92. The maximum atomic E-state index is 14.0. The number of benzene rings is 3. The third-order valence-corrected chi connectivity index (χ3v) is 10.3. The van der Waals surface area contributed by atoms with Gasteiger partial charge >= 0.3 is 12.4 Å². The number of hydrazine groups is 1. The summed E-state index contributed by atoms with van der Waals surface area (Å²) < 4.78 is 140. The molecule has 3 N–H and O–H groups in total. The number of ether oxygens (including phenoxy) is 1. The molecule has 0 saturated carbocycles. The van der Waals surface area contributed by atoms with Crippen LogP contribution in [0.5, 0.6) is 0 Å². The van der Waals surface area contributed by atoms with Gasteiger partial charge in [0.15, 0.2) is 9.84 Å². The van der Waals surface area contributed by atoms with E-state index >= 15 is 0 Å². The van der Waals surface area contributed by atoms with Gasteiger partial charge in [0.2, 0.25) is 27.8 Å². The van der Waals surface area contributed by atoms with Crippen molar-refractivity contribution in [3.63, 3.8) is 0 Å². The summed E-state index contributed by atoms with van der Waals surface area (Å²) in [6.07, 6.45) is -10.1. The lowest BCUT2D eigenvalue weighted by molar-refractivity contribution is -0.143. The summed E-state index contributed by atoms with van der Waals surface area (Å²) in [5.74, 6) is -1.34. The zero-order valence-corrected chi connectivity index (χ0v) is 27.0. The molecule has 3 aromatic carbocycles. The summed E-state index contributed by atoms with van der Waals surface area (Å²) in [6, 6.07) is 12.5. The number of halogens is 6. The number of aromatic nitrogens is 3. The molecule has 0 spiro atoms. The summed E-state index contributed by atoms with van der Waals surface area (Å²) in [7, 11) is -3.32. The van der Waals surface area contributed by atoms with Crippen molar-refractivity contribution in [1.82, 2.24) is 25.4 Å². The van der Waals surface area contributed by atoms with Crippen LogP contribution in [0.2, 0.25) is 0 Å². The van der Waals surface area contributed by atoms with Crippen molar-refractivity contribution < 1.29 is 52.7 Å². The van der Waals surface area contributed by atoms with Gasteiger partial charge in [-0.3, -0.25) is 4.55 Å². The van der Waals surface area contributed by atoms with E-state index in [2.05, 4.69) is 20.6 Å². The average molecular weight is 736 g/mol. The van der Waals surface area contributed by atoms with Gasteiger partial charge in [-0.1, -0.05) is 30.3 Å². The second-order valence-corrected chi connectivity index (χ2v) is 14.2. The van der Waals surface area contributed by atoms with Crippen LogP contribution in [0, 0.1) is 0 Å². The lowest BCUT2D eigenvalue weighted by Crippen LogP contribution is -2.39. The molecule has 0 aliphatic carbocycles. The number of nitrogens with one attached hydrogen (secondary N) is 2. The van der Waals surface area contributed by atoms with Crippen molar-refractivity contribution in [2.45, 2.75) is 30.3 Å². The summed E-state index contributed by atoms with van der Waals surface area (Å²) in [5.41, 5.74) is 0.156. The molecule has 2 heterocycles. The minimum Gasteiger partial charge on any atom is -0.421 e. The number of sulfone groups is 1. The molecule has 0 bridgehead atoms. The van der Waals surface area contributed by atoms with E-state index in [0.717, 1.165) is 11.1 Å². The quantitative estimate of drug-likeness (QED) is 0.0887. The first-order chi connectivity index (χ1) is 22.4. The van der Waals surface area contributed by atoms with E-state index in [9.17, 15) is 39.0 Å². The zero-order valence-electron chi connectivity index (χ0n) is 24.5. The summed E-state index contributed by atoms with van der Waals surface area (Å²) in [4.78, 5) is 6.28. The predicted octanol–water partition coefficient (Wildman–Crippen LogP) is 5.60. The Hall–Kier alpha value is -3.79. The van der Waals surface area contributed by atoms with Crippen LogP contribution in [0.1, 0.15) is 39.0 Å². The van der Waals surface area contributed by atoms with Crippen molar-refractivity contribution in [1.29, 1.82) is 0 Å². The predicted molar refractivity (Wildman–Crippen MR) is 162 cm³/mol. The van der Waals surface area contributed by atoms with Crippen LogP contribution in [-0.4, -0.2) is 45.7 Å². The largest absolute Gasteiger partial charge is 0.421 e. The van der Waals surface area contributed by atoms with E-state index in [1.165, 1.54) is 6.07 Å². The first-order valence-corrected chi connectivity index (χ1v) is 17.2. The first-order valence-electron chi connectivity index (χ1n) is 13.3. The van der Waals surface area contributed by atoms with Crippen LogP contribution in [0.4, 0.5) is 26.3 Å². The van der Waals surface area contributed by atoms with Gasteiger partial charge in [-0.05, 0) is 52.6 Å². The summed E-state index contributed by atoms with van der Waals surface area (Å²) in [6.45, 7) is -0.122. The smallest absolute Gasteiger partial charge is 0.416 e. The molecule has 0 fully saturated rings. The third kappa shape index (κ3) is 7.14. The highest BCUT2D eigenvalue weighted by Crippen LogP contribution is 2.49. The van der Waals surface area contributed by atoms with Crippen molar-refractivity contribution >= 4 is 42.7 Å². The Morgan fingerprint density at radius 3 is 2.08 bits per heavy atom. The Balaban J connectivity index is 1.78. The van der Waals surface area contributed by atoms with Gasteiger partial charge in [0.1, 0.15) is 5.01 Å². The molecule has 20 heteroatoms. The second-order valence-electron chi connectivity index (χ2n) is 10.3. The van der Waals surface area contributed by atoms with Crippen LogP contribution in [0.25, 0.3) is 21.3 Å². The molecule has 11 nitrogen and oxygen atoms in total. The van der Waals surface area contributed by atoms with E-state index < -0.39 is 78.2 Å². The molecule has 0 amide bonds. The Labute approximate surface area is 274 Å². The van der Waals surface area contributed by atoms with E-state index in [0.29, 0.717) is 34.5 Å². The van der Waals surface area contributed by atoms with Crippen LogP contribution in [-0.2, 0) is 56.1 Å². The minimum atomic E-state index is -5.32. The standard InChI is InChI=1S/C28H23F6N5O6S3/c1-44-14-15-3-5-16(6-4-15)17-7-8-21-22(9-17)46-25(36-21)26(48(2,42)43,24-38-37-23(45-24)13-35-39-47(40)41)18-10-19(27(29,30)31)12-20(11-18)28(32,33)34/h3-12,35,39H,13-14H2,1-2H3,(H,40,41). The van der Waals surface area contributed by atoms with Gasteiger partial charge in [0.25, 0.3) is 0 Å². The lowest BCUT2D eigenvalue weighted by Gasteiger charge is -2.28. The summed E-state index contributed by atoms with van der Waals surface area (Å²) in [5, 5.41) is 6.94. The van der Waals surface area contributed by atoms with Crippen LogP contribution >= 0.6 is 11.3 Å². The highest BCUT2D eigenvalue weighted by Gasteiger charge is 2.55. The number of fused-ring (bicyclic) bond motifs is 1. The molecular weight excluding hydrogens is 713 g/mol. The van der Waals surface area contributed by atoms with Crippen LogP contribution < -0.4 is 10.3 Å². The Morgan fingerprint density at radius 1 is 0.917 bits per heavy atom. The van der Waals surface area contributed by atoms with Gasteiger partial charge in [-0.25, -0.2) is 23.0 Å². The average Bonchev–Trinajstić information content (AvgIpc) is 3.63. The van der Waals surface area contributed by atoms with Crippen molar-refractivity contribution in [3.05, 3.63) is 99.7 Å². The Morgan fingerprint density at radius 2 is 1.52 bits per heavy atom. The van der Waals surface area contributed by atoms with Gasteiger partial charge in [0.05, 0.1) is 34.5 Å². The van der Waals surface area contributed by atoms with E-state index in [1.807, 2.05) is 29.1 Å². The summed E-state index contributed by atoms with van der Waals surface area (Å²) >= 11 is -1.85. The number of alkyl halides is 6. The van der Waals surface area contributed by atoms with Crippen LogP contribution in [0.3, 0.4) is 0 Å². The van der Waals surface area contributed by atoms with E-state index in [1.54, 1.807) is 19.2 Å². The lowest BCUT2D eigenvalue weighted by atomic mass is 9.93. The fourth-order valence-electron chi connectivity index (χ4n) is 4.88. The zero-order chi connectivity index (χ0) is 35.1. The Kier molecular flexibility index (Phi) is 9.81. The van der Waals surface area contributed by atoms with Crippen molar-refractivity contribution in [2.24, 2.45) is 0 Å². The van der Waals surface area contributed by atoms with E-state index in [-0.39, 0.29) is 23.7 Å². The number of nitrogens with zero attached hydrogens (tertiary/aromatic N) is 3. The second kappa shape index (κ2) is 13.3. The highest BCUT2D eigenvalue weighted by atomic mass is 32.2. The Bertz CT molecular complexity index is 2050. The molecule has 48 heavy (non-hydrogen) atoms. The van der Waals surface area contributed by atoms with Gasteiger partial charge in [-0.2, -0.15) is 31.2 Å². The van der Waals surface area contributed by atoms with Gasteiger partial charge in [-0.15, -0.1) is 21.5 Å². The molecule has 5 rings (SSSR count). The number of hydrogen-bond acceptors (Lipinski definition) is 10. The van der Waals surface area contributed by atoms with E-state index in [4.69, 9.17) is 13.7 Å². The van der Waals surface area contributed by atoms with Crippen molar-refractivity contribution in [2.75, 3.05) is 13.4 Å². The maximum Gasteiger partial charge on any atom is 0.416 e. The molecule has 2 atom stereocenters. The monoisotopic (exact) mass is 735 g/mol. The number of thiazole rings is 1. The molecule has 0 radical (unpaired) electrons. The maximum absolute atomic E-state index is 14.0. The molecule has 2 unspecified atom stereocenters. The molecule has 2 aromatic heterocycles. The third-order valence-electron chi connectivity index (χ3n) is 7.01. The van der Waals surface area contributed by atoms with Gasteiger partial charge < -0.3 is 9.15 Å². The number of hydrogen-bond donors (Lipinski definition) is 3. The minimum absolute atomic E-state index is 0.136. The molecule has 0 aliphatic heterocycles. The molecule has 0 aliphatic rings. The fourth-order valence-corrected chi connectivity index (χ4v) is 8.07. The van der Waals surface area contributed by atoms with Crippen LogP contribution in [0.15, 0.2) is 65.1 Å². The molecule has 5 aromatic rings. The fraction of sp³-hybridized carbons (Fsp3) is 0.250. The van der Waals surface area contributed by atoms with Gasteiger partial charge in [0, 0.05) is 13.4 Å².